The maximum absolute atomic E-state index is 11.3. The third kappa shape index (κ3) is 3.12. The van der Waals surface area contributed by atoms with Crippen molar-refractivity contribution in [3.05, 3.63) is 29.6 Å². The molecule has 10 heteroatoms. The quantitative estimate of drug-likeness (QED) is 0.468. The molecule has 5 N–H and O–H groups in total. The molecular formula is C12H18N6O3S+2. The van der Waals surface area contributed by atoms with Gasteiger partial charge in [-0.2, -0.15) is 8.42 Å². The van der Waals surface area contributed by atoms with Crippen LogP contribution in [0.4, 0.5) is 11.6 Å². The molecule has 0 unspecified atom stereocenters. The van der Waals surface area contributed by atoms with Crippen molar-refractivity contribution in [2.24, 2.45) is 7.05 Å². The van der Waals surface area contributed by atoms with E-state index in [9.17, 15) is 13.0 Å². The van der Waals surface area contributed by atoms with Crippen LogP contribution in [0.1, 0.15) is 17.2 Å². The zero-order chi connectivity index (χ0) is 16.7. The molecule has 118 valence electrons. The second-order valence-electron chi connectivity index (χ2n) is 4.95. The Morgan fingerprint density at radius 2 is 1.73 bits per heavy atom. The maximum atomic E-state index is 11.3. The average molecular weight is 326 g/mol. The van der Waals surface area contributed by atoms with Crippen LogP contribution in [0.3, 0.4) is 0 Å². The monoisotopic (exact) mass is 326 g/mol. The zero-order valence-corrected chi connectivity index (χ0v) is 13.3. The topological polar surface area (TPSA) is 140 Å². The van der Waals surface area contributed by atoms with Crippen molar-refractivity contribution in [2.75, 3.05) is 11.5 Å². The summed E-state index contributed by atoms with van der Waals surface area (Å²) in [7, 11) is -2.62. The van der Waals surface area contributed by atoms with E-state index < -0.39 is 15.0 Å². The Bertz CT molecular complexity index is 850. The highest BCUT2D eigenvalue weighted by molar-refractivity contribution is 7.86. The summed E-state index contributed by atoms with van der Waals surface area (Å²) in [5.74, 6) is 1.31. The molecule has 0 saturated heterocycles. The molecule has 0 spiro atoms. The molecule has 2 heterocycles. The lowest BCUT2D eigenvalue weighted by atomic mass is 10.3. The molecule has 22 heavy (non-hydrogen) atoms. The number of nitrogens with zero attached hydrogens (tertiary/aromatic N) is 4. The van der Waals surface area contributed by atoms with Gasteiger partial charge in [-0.1, -0.05) is 0 Å². The lowest BCUT2D eigenvalue weighted by Gasteiger charge is -2.06. The van der Waals surface area contributed by atoms with Crippen LogP contribution in [0.2, 0.25) is 0 Å². The van der Waals surface area contributed by atoms with Crippen LogP contribution in [-0.2, 0) is 23.7 Å². The molecular weight excluding hydrogens is 308 g/mol. The predicted molar refractivity (Wildman–Crippen MR) is 77.1 cm³/mol. The van der Waals surface area contributed by atoms with Crippen molar-refractivity contribution >= 4 is 21.8 Å². The number of nitrogen functional groups attached to an aromatic ring is 2. The van der Waals surface area contributed by atoms with E-state index in [-0.39, 0.29) is 12.4 Å². The number of aromatic nitrogens is 4. The summed E-state index contributed by atoms with van der Waals surface area (Å²) >= 11 is 0. The van der Waals surface area contributed by atoms with E-state index >= 15 is 0 Å². The van der Waals surface area contributed by atoms with Crippen molar-refractivity contribution < 1.29 is 22.1 Å². The summed E-state index contributed by atoms with van der Waals surface area (Å²) in [6, 6.07) is 0. The SMILES string of the molecule is Cc1nc(N)c(C[n+]2cc(S(=O)(=O)O)c(N)nc2C)c[n+]1C. The lowest BCUT2D eigenvalue weighted by Crippen LogP contribution is -2.42. The van der Waals surface area contributed by atoms with E-state index in [2.05, 4.69) is 9.97 Å². The number of hydrogen-bond donors (Lipinski definition) is 3. The van der Waals surface area contributed by atoms with Gasteiger partial charge in [-0.05, 0) is 9.97 Å². The molecule has 0 amide bonds. The van der Waals surface area contributed by atoms with E-state index in [0.29, 0.717) is 17.2 Å². The molecule has 9 nitrogen and oxygen atoms in total. The first-order valence-electron chi connectivity index (χ1n) is 6.35. The Morgan fingerprint density at radius 1 is 1.14 bits per heavy atom. The Kier molecular flexibility index (Phi) is 3.98. The molecule has 0 aliphatic carbocycles. The van der Waals surface area contributed by atoms with Crippen LogP contribution >= 0.6 is 0 Å². The molecule has 0 aliphatic heterocycles. The average Bonchev–Trinajstić information content (AvgIpc) is 2.37. The van der Waals surface area contributed by atoms with Crippen molar-refractivity contribution in [1.29, 1.82) is 0 Å². The van der Waals surface area contributed by atoms with Crippen LogP contribution in [0.5, 0.6) is 0 Å². The minimum atomic E-state index is -4.45. The molecule has 0 fully saturated rings. The summed E-state index contributed by atoms with van der Waals surface area (Å²) in [4.78, 5) is 7.70. The Labute approximate surface area is 128 Å². The van der Waals surface area contributed by atoms with E-state index in [1.165, 1.54) is 10.8 Å². The van der Waals surface area contributed by atoms with Crippen LogP contribution in [0.25, 0.3) is 0 Å². The first kappa shape index (κ1) is 16.0. The molecule has 2 rings (SSSR count). The Morgan fingerprint density at radius 3 is 2.32 bits per heavy atom. The highest BCUT2D eigenvalue weighted by Crippen LogP contribution is 2.14. The fourth-order valence-electron chi connectivity index (χ4n) is 1.98. The minimum absolute atomic E-state index is 0.245. The molecule has 2 aromatic rings. The summed E-state index contributed by atoms with van der Waals surface area (Å²) in [6.45, 7) is 3.73. The van der Waals surface area contributed by atoms with Gasteiger partial charge in [0.2, 0.25) is 10.7 Å². The highest BCUT2D eigenvalue weighted by atomic mass is 32.2. The van der Waals surface area contributed by atoms with Crippen LogP contribution in [0, 0.1) is 13.8 Å². The fraction of sp³-hybridized carbons (Fsp3) is 0.333. The standard InChI is InChI=1S/C12H16N6O3S/c1-7-15-11(13)9(4-17(7)3)5-18-6-10(22(19,20)21)12(14)16-8(18)2/h4,6,13-14H,5H2,1-3H3,(H,19,20,21)/p+2. The normalized spacial score (nSPS) is 11.6. The Balaban J connectivity index is 2.53. The molecule has 0 bridgehead atoms. The van der Waals surface area contributed by atoms with Gasteiger partial charge in [0.25, 0.3) is 17.5 Å². The largest absolute Gasteiger partial charge is 0.362 e. The first-order valence-corrected chi connectivity index (χ1v) is 7.79. The third-order valence-corrected chi connectivity index (χ3v) is 4.18. The zero-order valence-electron chi connectivity index (χ0n) is 12.5. The summed E-state index contributed by atoms with van der Waals surface area (Å²) in [6.07, 6.45) is 3.03. The van der Waals surface area contributed by atoms with Gasteiger partial charge in [0.05, 0.1) is 7.05 Å². The van der Waals surface area contributed by atoms with Crippen molar-refractivity contribution in [3.63, 3.8) is 0 Å². The smallest absolute Gasteiger partial charge is 0.304 e. The number of nitrogens with two attached hydrogens (primary N) is 2. The van der Waals surface area contributed by atoms with Gasteiger partial charge in [-0.25, -0.2) is 9.13 Å². The molecule has 2 aromatic heterocycles. The first-order chi connectivity index (χ1) is 10.1. The van der Waals surface area contributed by atoms with Gasteiger partial charge < -0.3 is 11.5 Å². The number of aryl methyl sites for hydroxylation is 3. The summed E-state index contributed by atoms with van der Waals surface area (Å²) in [5, 5.41) is 0. The number of anilines is 2. The highest BCUT2D eigenvalue weighted by Gasteiger charge is 2.25. The van der Waals surface area contributed by atoms with Gasteiger partial charge in [0.1, 0.15) is 24.5 Å². The van der Waals surface area contributed by atoms with Crippen LogP contribution < -0.4 is 20.6 Å². The lowest BCUT2D eigenvalue weighted by molar-refractivity contribution is -0.705. The predicted octanol–water partition coefficient (Wildman–Crippen LogP) is -1.34. The summed E-state index contributed by atoms with van der Waals surface area (Å²) in [5.41, 5.74) is 12.1. The molecule has 0 saturated carbocycles. The van der Waals surface area contributed by atoms with Crippen LogP contribution in [0.15, 0.2) is 17.3 Å². The molecule has 0 atom stereocenters. The van der Waals surface area contributed by atoms with Gasteiger partial charge in [0, 0.05) is 13.8 Å². The van der Waals surface area contributed by atoms with Gasteiger partial charge in [-0.15, -0.1) is 0 Å². The van der Waals surface area contributed by atoms with Crippen molar-refractivity contribution in [2.45, 2.75) is 25.3 Å². The number of hydrogen-bond acceptors (Lipinski definition) is 6. The van der Waals surface area contributed by atoms with Gasteiger partial charge in [-0.3, -0.25) is 4.55 Å². The minimum Gasteiger partial charge on any atom is -0.362 e. The molecule has 0 aromatic carbocycles. The third-order valence-electron chi connectivity index (χ3n) is 3.31. The Hall–Kier alpha value is -2.33. The number of rotatable bonds is 3. The molecule has 0 radical (unpaired) electrons. The van der Waals surface area contributed by atoms with Crippen LogP contribution in [-0.4, -0.2) is 22.9 Å². The fourth-order valence-corrected chi connectivity index (χ4v) is 2.55. The van der Waals surface area contributed by atoms with E-state index in [1.54, 1.807) is 17.7 Å². The maximum Gasteiger partial charge on any atom is 0.304 e. The van der Waals surface area contributed by atoms with Gasteiger partial charge >= 0.3 is 10.1 Å². The second-order valence-corrected chi connectivity index (χ2v) is 6.34. The van der Waals surface area contributed by atoms with E-state index in [1.807, 2.05) is 14.0 Å². The van der Waals surface area contributed by atoms with E-state index in [0.717, 1.165) is 5.82 Å². The molecule has 0 aliphatic rings. The van der Waals surface area contributed by atoms with Gasteiger partial charge in [0.15, 0.2) is 0 Å². The van der Waals surface area contributed by atoms with Crippen molar-refractivity contribution in [1.82, 2.24) is 9.97 Å². The second kappa shape index (κ2) is 5.46. The summed E-state index contributed by atoms with van der Waals surface area (Å²) < 4.78 is 35.1. The van der Waals surface area contributed by atoms with Crippen molar-refractivity contribution in [3.8, 4) is 0 Å². The van der Waals surface area contributed by atoms with E-state index in [4.69, 9.17) is 11.5 Å².